The minimum atomic E-state index is 0.667. The van der Waals surface area contributed by atoms with Gasteiger partial charge in [-0.25, -0.2) is 0 Å². The summed E-state index contributed by atoms with van der Waals surface area (Å²) in [6.45, 7) is 4.24. The molecular weight excluding hydrogens is 180 g/mol. The third-order valence-corrected chi connectivity index (χ3v) is 1.60. The van der Waals surface area contributed by atoms with Crippen LogP contribution in [0.5, 0.6) is 5.75 Å². The van der Waals surface area contributed by atoms with E-state index >= 15 is 0 Å². The van der Waals surface area contributed by atoms with Gasteiger partial charge in [-0.15, -0.1) is 0 Å². The van der Waals surface area contributed by atoms with E-state index in [0.29, 0.717) is 5.56 Å². The normalized spacial score (nSPS) is 11.9. The van der Waals surface area contributed by atoms with Gasteiger partial charge in [-0.05, 0) is 24.3 Å². The van der Waals surface area contributed by atoms with Crippen molar-refractivity contribution in [1.29, 1.82) is 0 Å². The van der Waals surface area contributed by atoms with Gasteiger partial charge in [0.1, 0.15) is 24.4 Å². The van der Waals surface area contributed by atoms with Crippen LogP contribution in [0.1, 0.15) is 10.4 Å². The molecule has 0 bridgehead atoms. The van der Waals surface area contributed by atoms with E-state index in [1.54, 1.807) is 31.4 Å². The van der Waals surface area contributed by atoms with Gasteiger partial charge < -0.3 is 9.47 Å². The zero-order valence-electron chi connectivity index (χ0n) is 8.03. The van der Waals surface area contributed by atoms with Gasteiger partial charge in [-0.3, -0.25) is 4.79 Å². The first-order valence-corrected chi connectivity index (χ1v) is 4.16. The van der Waals surface area contributed by atoms with E-state index in [-0.39, 0.29) is 0 Å². The van der Waals surface area contributed by atoms with Crippen molar-refractivity contribution in [3.8, 4) is 5.75 Å². The van der Waals surface area contributed by atoms with Gasteiger partial charge in [0.2, 0.25) is 0 Å². The van der Waals surface area contributed by atoms with Crippen molar-refractivity contribution < 1.29 is 14.3 Å². The predicted molar refractivity (Wildman–Crippen MR) is 53.5 cm³/mol. The highest BCUT2D eigenvalue weighted by Gasteiger charge is 2.05. The minimum Gasteiger partial charge on any atom is -0.497 e. The van der Waals surface area contributed by atoms with E-state index in [9.17, 15) is 4.79 Å². The molecule has 0 radical (unpaired) electrons. The molecule has 0 unspecified atom stereocenters. The summed E-state index contributed by atoms with van der Waals surface area (Å²) in [6, 6.07) is 6.94. The second-order valence-corrected chi connectivity index (χ2v) is 2.72. The summed E-state index contributed by atoms with van der Waals surface area (Å²) >= 11 is 0. The number of methoxy groups -OCH3 is 1. The van der Waals surface area contributed by atoms with Crippen molar-refractivity contribution >= 4 is 6.29 Å². The van der Waals surface area contributed by atoms with Gasteiger partial charge in [0, 0.05) is 5.56 Å². The van der Waals surface area contributed by atoms with Crippen LogP contribution in [0.3, 0.4) is 0 Å². The topological polar surface area (TPSA) is 38.8 Å². The summed E-state index contributed by atoms with van der Waals surface area (Å²) in [5.41, 5.74) is 0.667. The SMILES string of the molecule is C=C1CO1.COc1ccc(C=O)cc1. The maximum atomic E-state index is 10.2. The first-order valence-electron chi connectivity index (χ1n) is 4.16. The van der Waals surface area contributed by atoms with Crippen LogP contribution in [-0.4, -0.2) is 20.0 Å². The van der Waals surface area contributed by atoms with Crippen LogP contribution < -0.4 is 4.74 Å². The zero-order chi connectivity index (χ0) is 10.4. The number of rotatable bonds is 2. The lowest BCUT2D eigenvalue weighted by atomic mass is 10.2. The summed E-state index contributed by atoms with van der Waals surface area (Å²) in [5, 5.41) is 0. The number of carbonyl (C=O) groups is 1. The van der Waals surface area contributed by atoms with E-state index in [2.05, 4.69) is 11.3 Å². The Morgan fingerprint density at radius 3 is 2.21 bits per heavy atom. The second-order valence-electron chi connectivity index (χ2n) is 2.72. The van der Waals surface area contributed by atoms with Crippen LogP contribution in [0.25, 0.3) is 0 Å². The molecule has 0 atom stereocenters. The maximum Gasteiger partial charge on any atom is 0.150 e. The molecule has 14 heavy (non-hydrogen) atoms. The van der Waals surface area contributed by atoms with Gasteiger partial charge in [-0.1, -0.05) is 6.58 Å². The molecule has 3 heteroatoms. The average molecular weight is 192 g/mol. The van der Waals surface area contributed by atoms with Crippen molar-refractivity contribution in [1.82, 2.24) is 0 Å². The van der Waals surface area contributed by atoms with E-state index in [1.165, 1.54) is 0 Å². The Hall–Kier alpha value is -1.77. The number of carbonyl (C=O) groups excluding carboxylic acids is 1. The van der Waals surface area contributed by atoms with Crippen molar-refractivity contribution in [2.75, 3.05) is 13.7 Å². The number of aldehydes is 1. The summed E-state index contributed by atoms with van der Waals surface area (Å²) in [5.74, 6) is 1.69. The third kappa shape index (κ3) is 3.76. The fourth-order valence-corrected chi connectivity index (χ4v) is 0.734. The molecular formula is C11H12O3. The molecule has 74 valence electrons. The quantitative estimate of drug-likeness (QED) is 0.531. The number of hydrogen-bond donors (Lipinski definition) is 0. The average Bonchev–Trinajstić information content (AvgIpc) is 3.02. The van der Waals surface area contributed by atoms with Crippen LogP contribution >= 0.6 is 0 Å². The van der Waals surface area contributed by atoms with Crippen molar-refractivity contribution in [3.63, 3.8) is 0 Å². The molecule has 1 aromatic rings. The Morgan fingerprint density at radius 2 is 1.93 bits per heavy atom. The molecule has 1 saturated heterocycles. The van der Waals surface area contributed by atoms with Crippen molar-refractivity contribution in [2.45, 2.75) is 0 Å². The molecule has 0 aromatic heterocycles. The van der Waals surface area contributed by atoms with Crippen LogP contribution in [0.4, 0.5) is 0 Å². The van der Waals surface area contributed by atoms with Crippen LogP contribution in [0, 0.1) is 0 Å². The van der Waals surface area contributed by atoms with E-state index in [4.69, 9.17) is 4.74 Å². The molecule has 0 aliphatic carbocycles. The zero-order valence-corrected chi connectivity index (χ0v) is 8.03. The third-order valence-electron chi connectivity index (χ3n) is 1.60. The first-order chi connectivity index (χ1) is 6.76. The van der Waals surface area contributed by atoms with Gasteiger partial charge in [0.15, 0.2) is 0 Å². The lowest BCUT2D eigenvalue weighted by Crippen LogP contribution is -1.82. The monoisotopic (exact) mass is 192 g/mol. The Balaban J connectivity index is 0.000000203. The summed E-state index contributed by atoms with van der Waals surface area (Å²) < 4.78 is 9.41. The van der Waals surface area contributed by atoms with Crippen molar-refractivity contribution in [2.24, 2.45) is 0 Å². The highest BCUT2D eigenvalue weighted by atomic mass is 16.6. The lowest BCUT2D eigenvalue weighted by Gasteiger charge is -1.96. The summed E-state index contributed by atoms with van der Waals surface area (Å²) in [6.07, 6.45) is 0.805. The standard InChI is InChI=1S/C8H8O2.C3H4O/c1-10-8-4-2-7(6-9)3-5-8;1-3-2-4-3/h2-6H,1H3;1-2H2. The van der Waals surface area contributed by atoms with Crippen LogP contribution in [-0.2, 0) is 4.74 Å². The Labute approximate surface area is 83.0 Å². The number of epoxide rings is 1. The maximum absolute atomic E-state index is 10.2. The molecule has 0 spiro atoms. The Morgan fingerprint density at radius 1 is 1.43 bits per heavy atom. The lowest BCUT2D eigenvalue weighted by molar-refractivity contribution is 0.112. The Bertz CT molecular complexity index is 308. The molecule has 1 aliphatic rings. The highest BCUT2D eigenvalue weighted by molar-refractivity contribution is 5.74. The molecule has 0 N–H and O–H groups in total. The van der Waals surface area contributed by atoms with E-state index in [1.807, 2.05) is 0 Å². The fraction of sp³-hybridized carbons (Fsp3) is 0.182. The van der Waals surface area contributed by atoms with E-state index in [0.717, 1.165) is 24.4 Å². The molecule has 3 nitrogen and oxygen atoms in total. The number of benzene rings is 1. The Kier molecular flexibility index (Phi) is 3.73. The first kappa shape index (κ1) is 10.3. The minimum absolute atomic E-state index is 0.667. The van der Waals surface area contributed by atoms with Crippen molar-refractivity contribution in [3.05, 3.63) is 42.2 Å². The molecule has 0 amide bonds. The highest BCUT2D eigenvalue weighted by Crippen LogP contribution is 2.09. The molecule has 1 heterocycles. The van der Waals surface area contributed by atoms with Crippen LogP contribution in [0.2, 0.25) is 0 Å². The largest absolute Gasteiger partial charge is 0.497 e. The van der Waals surface area contributed by atoms with Gasteiger partial charge in [0.25, 0.3) is 0 Å². The van der Waals surface area contributed by atoms with Gasteiger partial charge >= 0.3 is 0 Å². The molecule has 2 rings (SSSR count). The van der Waals surface area contributed by atoms with Crippen LogP contribution in [0.15, 0.2) is 36.6 Å². The fourth-order valence-electron chi connectivity index (χ4n) is 0.734. The number of ether oxygens (including phenoxy) is 2. The van der Waals surface area contributed by atoms with Gasteiger partial charge in [0.05, 0.1) is 7.11 Å². The molecule has 1 aliphatic heterocycles. The summed E-state index contributed by atoms with van der Waals surface area (Å²) in [4.78, 5) is 10.2. The van der Waals surface area contributed by atoms with Gasteiger partial charge in [-0.2, -0.15) is 0 Å². The molecule has 1 fully saturated rings. The molecule has 0 saturated carbocycles. The predicted octanol–water partition coefficient (Wildman–Crippen LogP) is 2.04. The smallest absolute Gasteiger partial charge is 0.150 e. The van der Waals surface area contributed by atoms with E-state index < -0.39 is 0 Å². The second kappa shape index (κ2) is 5.07. The summed E-state index contributed by atoms with van der Waals surface area (Å²) in [7, 11) is 1.59. The number of hydrogen-bond acceptors (Lipinski definition) is 3. The molecule has 1 aromatic carbocycles.